The van der Waals surface area contributed by atoms with E-state index in [4.69, 9.17) is 0 Å². The summed E-state index contributed by atoms with van der Waals surface area (Å²) in [6.45, 7) is -0.581. The lowest BCUT2D eigenvalue weighted by Gasteiger charge is -2.12. The number of alkyl halides is 5. The van der Waals surface area contributed by atoms with Crippen molar-refractivity contribution in [2.75, 3.05) is 0 Å². The molecule has 3 heterocycles. The van der Waals surface area contributed by atoms with Crippen LogP contribution in [-0.2, 0) is 12.7 Å². The first kappa shape index (κ1) is 17.6. The quantitative estimate of drug-likeness (QED) is 0.654. The van der Waals surface area contributed by atoms with Crippen LogP contribution in [-0.4, -0.2) is 24.9 Å². The maximum Gasteiger partial charge on any atom is 0.418 e. The van der Waals surface area contributed by atoms with Crippen LogP contribution in [0, 0.1) is 0 Å². The molecule has 3 aromatic rings. The molecule has 0 saturated heterocycles. The Labute approximate surface area is 141 Å². The summed E-state index contributed by atoms with van der Waals surface area (Å²) in [5.74, 6) is -1.27. The SMILES string of the molecule is O=c1ccc(-c2noc(C(F)F)n2)nn1Cc1ncccc1C(F)(F)F. The van der Waals surface area contributed by atoms with Crippen LogP contribution < -0.4 is 5.56 Å². The van der Waals surface area contributed by atoms with Gasteiger partial charge in [-0.1, -0.05) is 5.16 Å². The second-order valence-corrected chi connectivity index (χ2v) is 4.97. The number of pyridine rings is 1. The van der Waals surface area contributed by atoms with Gasteiger partial charge in [-0.05, 0) is 18.2 Å². The zero-order valence-electron chi connectivity index (χ0n) is 12.6. The Morgan fingerprint density at radius 1 is 1.19 bits per heavy atom. The Morgan fingerprint density at radius 3 is 2.62 bits per heavy atom. The fraction of sp³-hybridized carbons (Fsp3) is 0.214. The van der Waals surface area contributed by atoms with Gasteiger partial charge in [-0.15, -0.1) is 0 Å². The summed E-state index contributed by atoms with van der Waals surface area (Å²) in [7, 11) is 0. The van der Waals surface area contributed by atoms with Crippen LogP contribution in [0.5, 0.6) is 0 Å². The van der Waals surface area contributed by atoms with E-state index in [0.29, 0.717) is 4.68 Å². The van der Waals surface area contributed by atoms with Gasteiger partial charge in [0.05, 0.1) is 17.8 Å². The van der Waals surface area contributed by atoms with Crippen molar-refractivity contribution in [3.8, 4) is 11.5 Å². The third-order valence-electron chi connectivity index (χ3n) is 3.22. The van der Waals surface area contributed by atoms with Gasteiger partial charge in [0.25, 0.3) is 11.4 Å². The molecule has 0 aliphatic carbocycles. The van der Waals surface area contributed by atoms with Gasteiger partial charge < -0.3 is 4.52 Å². The number of halogens is 5. The van der Waals surface area contributed by atoms with E-state index in [2.05, 4.69) is 24.7 Å². The minimum atomic E-state index is -4.66. The fourth-order valence-corrected chi connectivity index (χ4v) is 2.07. The molecule has 136 valence electrons. The molecule has 0 N–H and O–H groups in total. The highest BCUT2D eigenvalue weighted by atomic mass is 19.4. The highest BCUT2D eigenvalue weighted by Crippen LogP contribution is 2.31. The molecule has 0 saturated carbocycles. The number of rotatable bonds is 4. The van der Waals surface area contributed by atoms with E-state index in [1.165, 1.54) is 0 Å². The van der Waals surface area contributed by atoms with Gasteiger partial charge in [-0.25, -0.2) is 4.68 Å². The van der Waals surface area contributed by atoms with Crippen LogP contribution in [0.25, 0.3) is 11.5 Å². The average molecular weight is 373 g/mol. The first-order valence-electron chi connectivity index (χ1n) is 6.97. The molecule has 0 fully saturated rings. The first-order chi connectivity index (χ1) is 12.3. The van der Waals surface area contributed by atoms with E-state index in [1.807, 2.05) is 0 Å². The van der Waals surface area contributed by atoms with Crippen LogP contribution >= 0.6 is 0 Å². The standard InChI is InChI=1S/C14H8F5N5O2/c15-11(16)13-21-12(23-26-13)8-3-4-10(25)24(22-8)6-9-7(14(17,18)19)2-1-5-20-9/h1-5,11H,6H2. The summed E-state index contributed by atoms with van der Waals surface area (Å²) < 4.78 is 69.1. The smallest absolute Gasteiger partial charge is 0.333 e. The van der Waals surface area contributed by atoms with Crippen molar-refractivity contribution in [1.82, 2.24) is 24.9 Å². The van der Waals surface area contributed by atoms with Gasteiger partial charge >= 0.3 is 12.6 Å². The number of hydrogen-bond donors (Lipinski definition) is 0. The fourth-order valence-electron chi connectivity index (χ4n) is 2.07. The summed E-state index contributed by atoms with van der Waals surface area (Å²) in [5, 5.41) is 7.10. The predicted molar refractivity (Wildman–Crippen MR) is 75.1 cm³/mol. The Morgan fingerprint density at radius 2 is 1.96 bits per heavy atom. The Hall–Kier alpha value is -3.18. The van der Waals surface area contributed by atoms with Gasteiger partial charge in [0, 0.05) is 12.3 Å². The van der Waals surface area contributed by atoms with Gasteiger partial charge in [0.1, 0.15) is 5.69 Å². The average Bonchev–Trinajstić information content (AvgIpc) is 3.07. The molecular weight excluding hydrogens is 365 g/mol. The lowest BCUT2D eigenvalue weighted by molar-refractivity contribution is -0.138. The summed E-state index contributed by atoms with van der Waals surface area (Å²) >= 11 is 0. The largest absolute Gasteiger partial charge is 0.418 e. The normalized spacial score (nSPS) is 11.9. The summed E-state index contributed by atoms with van der Waals surface area (Å²) in [5.41, 5.74) is -2.28. The van der Waals surface area contributed by atoms with Gasteiger partial charge in [0.2, 0.25) is 5.82 Å². The number of nitrogens with zero attached hydrogens (tertiary/aromatic N) is 5. The van der Waals surface area contributed by atoms with E-state index < -0.39 is 41.9 Å². The highest BCUT2D eigenvalue weighted by molar-refractivity contribution is 5.46. The molecule has 0 radical (unpaired) electrons. The highest BCUT2D eigenvalue weighted by Gasteiger charge is 2.34. The topological polar surface area (TPSA) is 86.7 Å². The molecule has 0 spiro atoms. The zero-order chi connectivity index (χ0) is 18.9. The Kier molecular flexibility index (Phi) is 4.49. The van der Waals surface area contributed by atoms with Crippen molar-refractivity contribution in [2.24, 2.45) is 0 Å². The van der Waals surface area contributed by atoms with Gasteiger partial charge in [-0.3, -0.25) is 9.78 Å². The Balaban J connectivity index is 1.98. The van der Waals surface area contributed by atoms with Crippen molar-refractivity contribution in [2.45, 2.75) is 19.1 Å². The van der Waals surface area contributed by atoms with E-state index in [1.54, 1.807) is 0 Å². The minimum Gasteiger partial charge on any atom is -0.333 e. The van der Waals surface area contributed by atoms with Crippen LogP contribution in [0.15, 0.2) is 39.8 Å². The molecule has 0 aliphatic rings. The van der Waals surface area contributed by atoms with E-state index in [0.717, 1.165) is 30.5 Å². The van der Waals surface area contributed by atoms with Crippen molar-refractivity contribution < 1.29 is 26.5 Å². The molecule has 0 amide bonds. The number of aromatic nitrogens is 5. The van der Waals surface area contributed by atoms with Crippen LogP contribution in [0.1, 0.15) is 23.6 Å². The number of hydrogen-bond acceptors (Lipinski definition) is 6. The monoisotopic (exact) mass is 373 g/mol. The second-order valence-electron chi connectivity index (χ2n) is 4.97. The maximum absolute atomic E-state index is 13.0. The van der Waals surface area contributed by atoms with Gasteiger partial charge in [-0.2, -0.15) is 32.0 Å². The molecule has 12 heteroatoms. The lowest BCUT2D eigenvalue weighted by Crippen LogP contribution is -2.25. The molecule has 0 aromatic carbocycles. The predicted octanol–water partition coefficient (Wildman–Crippen LogP) is 2.69. The van der Waals surface area contributed by atoms with Crippen molar-refractivity contribution in [3.63, 3.8) is 0 Å². The molecule has 0 aliphatic heterocycles. The van der Waals surface area contributed by atoms with Gasteiger partial charge in [0.15, 0.2) is 0 Å². The Bertz CT molecular complexity index is 982. The minimum absolute atomic E-state index is 0.121. The molecule has 0 unspecified atom stereocenters. The van der Waals surface area contributed by atoms with E-state index in [-0.39, 0.29) is 11.5 Å². The van der Waals surface area contributed by atoms with Crippen LogP contribution in [0.2, 0.25) is 0 Å². The summed E-state index contributed by atoms with van der Waals surface area (Å²) in [6.07, 6.45) is -6.51. The van der Waals surface area contributed by atoms with Crippen molar-refractivity contribution in [3.05, 3.63) is 58.0 Å². The molecule has 3 rings (SSSR count). The van der Waals surface area contributed by atoms with E-state index >= 15 is 0 Å². The zero-order valence-corrected chi connectivity index (χ0v) is 12.6. The second kappa shape index (κ2) is 6.61. The molecule has 0 bridgehead atoms. The van der Waals surface area contributed by atoms with E-state index in [9.17, 15) is 26.7 Å². The molecule has 3 aromatic heterocycles. The maximum atomic E-state index is 13.0. The lowest BCUT2D eigenvalue weighted by atomic mass is 10.2. The van der Waals surface area contributed by atoms with Crippen molar-refractivity contribution >= 4 is 0 Å². The summed E-state index contributed by atoms with van der Waals surface area (Å²) in [4.78, 5) is 18.9. The van der Waals surface area contributed by atoms with Crippen molar-refractivity contribution in [1.29, 1.82) is 0 Å². The van der Waals surface area contributed by atoms with Crippen LogP contribution in [0.3, 0.4) is 0 Å². The molecule has 7 nitrogen and oxygen atoms in total. The molecule has 0 atom stereocenters. The molecular formula is C14H8F5N5O2. The third-order valence-corrected chi connectivity index (χ3v) is 3.22. The summed E-state index contributed by atoms with van der Waals surface area (Å²) in [6, 6.07) is 4.08. The molecule has 26 heavy (non-hydrogen) atoms. The van der Waals surface area contributed by atoms with Crippen LogP contribution in [0.4, 0.5) is 22.0 Å². The first-order valence-corrected chi connectivity index (χ1v) is 6.97. The third kappa shape index (κ3) is 3.58.